The molecule has 5 rings (SSSR count). The summed E-state index contributed by atoms with van der Waals surface area (Å²) in [7, 11) is 0. The van der Waals surface area contributed by atoms with E-state index >= 15 is 0 Å². The average molecular weight is 481 g/mol. The number of amides is 1. The normalized spacial score (nSPS) is 11.1. The molecule has 0 saturated carbocycles. The lowest BCUT2D eigenvalue weighted by Crippen LogP contribution is -2.21. The number of nitrogens with zero attached hydrogens (tertiary/aromatic N) is 2. The number of fused-ring (bicyclic) bond motifs is 2. The number of H-pyrrole nitrogens is 1. The number of anilines is 2. The van der Waals surface area contributed by atoms with Gasteiger partial charge in [-0.2, -0.15) is 0 Å². The molecular weight excluding hydrogens is 456 g/mol. The fourth-order valence-electron chi connectivity index (χ4n) is 4.18. The lowest BCUT2D eigenvalue weighted by Gasteiger charge is -2.21. The molecule has 2 aromatic heterocycles. The van der Waals surface area contributed by atoms with E-state index in [1.54, 1.807) is 30.3 Å². The van der Waals surface area contributed by atoms with Crippen LogP contribution in [0.15, 0.2) is 86.8 Å². The maximum absolute atomic E-state index is 12.9. The maximum atomic E-state index is 12.9. The van der Waals surface area contributed by atoms with Gasteiger partial charge in [0.15, 0.2) is 0 Å². The third-order valence-electron chi connectivity index (χ3n) is 6.10. The first kappa shape index (κ1) is 23.0. The Kier molecular flexibility index (Phi) is 6.08. The van der Waals surface area contributed by atoms with Crippen LogP contribution in [0.2, 0.25) is 0 Å². The van der Waals surface area contributed by atoms with Gasteiger partial charge in [-0.1, -0.05) is 18.2 Å². The average Bonchev–Trinajstić information content (AvgIpc) is 2.89. The van der Waals surface area contributed by atoms with E-state index in [0.717, 1.165) is 24.2 Å². The van der Waals surface area contributed by atoms with Gasteiger partial charge in [0.1, 0.15) is 17.0 Å². The van der Waals surface area contributed by atoms with Crippen LogP contribution in [0.4, 0.5) is 11.4 Å². The highest BCUT2D eigenvalue weighted by atomic mass is 16.4. The first-order valence-electron chi connectivity index (χ1n) is 11.7. The predicted molar refractivity (Wildman–Crippen MR) is 142 cm³/mol. The van der Waals surface area contributed by atoms with Crippen molar-refractivity contribution in [1.82, 2.24) is 9.97 Å². The summed E-state index contributed by atoms with van der Waals surface area (Å²) >= 11 is 0. The van der Waals surface area contributed by atoms with E-state index < -0.39 is 11.2 Å². The Balaban J connectivity index is 1.51. The fourth-order valence-corrected chi connectivity index (χ4v) is 4.18. The second kappa shape index (κ2) is 9.50. The van der Waals surface area contributed by atoms with E-state index in [2.05, 4.69) is 34.0 Å². The van der Waals surface area contributed by atoms with Crippen molar-refractivity contribution in [3.63, 3.8) is 0 Å². The van der Waals surface area contributed by atoms with Crippen LogP contribution in [0.5, 0.6) is 0 Å². The van der Waals surface area contributed by atoms with Gasteiger partial charge in [-0.15, -0.1) is 0 Å². The third kappa shape index (κ3) is 4.36. The van der Waals surface area contributed by atoms with Gasteiger partial charge in [-0.3, -0.25) is 9.59 Å². The van der Waals surface area contributed by atoms with Crippen LogP contribution in [0.3, 0.4) is 0 Å². The molecule has 0 atom stereocenters. The van der Waals surface area contributed by atoms with Crippen LogP contribution >= 0.6 is 0 Å². The SMILES string of the molecule is CCN(CC)c1ccc2cc(-c3nc4ccc(C(=O)Nc5ccccc5)cc4c(=O)[nH]3)c(=O)oc2c1. The maximum Gasteiger partial charge on any atom is 0.347 e. The molecular formula is C28H24N4O4. The van der Waals surface area contributed by atoms with E-state index in [1.807, 2.05) is 36.4 Å². The van der Waals surface area contributed by atoms with Gasteiger partial charge < -0.3 is 19.6 Å². The number of carbonyl (C=O) groups is 1. The van der Waals surface area contributed by atoms with Crippen molar-refractivity contribution in [2.45, 2.75) is 13.8 Å². The Morgan fingerprint density at radius 1 is 0.972 bits per heavy atom. The predicted octanol–water partition coefficient (Wildman–Crippen LogP) is 4.80. The zero-order valence-corrected chi connectivity index (χ0v) is 19.9. The molecule has 1 amide bonds. The van der Waals surface area contributed by atoms with Gasteiger partial charge in [-0.05, 0) is 62.4 Å². The van der Waals surface area contributed by atoms with E-state index in [1.165, 1.54) is 6.07 Å². The summed E-state index contributed by atoms with van der Waals surface area (Å²) in [4.78, 5) is 47.7. The molecule has 0 bridgehead atoms. The lowest BCUT2D eigenvalue weighted by atomic mass is 10.1. The van der Waals surface area contributed by atoms with E-state index in [-0.39, 0.29) is 22.7 Å². The number of benzene rings is 3. The summed E-state index contributed by atoms with van der Waals surface area (Å²) in [5.74, 6) is -0.233. The molecule has 0 spiro atoms. The van der Waals surface area contributed by atoms with Gasteiger partial charge in [-0.25, -0.2) is 9.78 Å². The minimum absolute atomic E-state index is 0.109. The fraction of sp³-hybridized carbons (Fsp3) is 0.143. The monoisotopic (exact) mass is 480 g/mol. The summed E-state index contributed by atoms with van der Waals surface area (Å²) in [6, 6.07) is 21.1. The first-order valence-corrected chi connectivity index (χ1v) is 11.7. The van der Waals surface area contributed by atoms with Crippen LogP contribution in [0, 0.1) is 0 Å². The van der Waals surface area contributed by atoms with Crippen LogP contribution in [0.1, 0.15) is 24.2 Å². The smallest absolute Gasteiger partial charge is 0.347 e. The Bertz CT molecular complexity index is 1700. The molecule has 36 heavy (non-hydrogen) atoms. The second-order valence-corrected chi connectivity index (χ2v) is 8.31. The topological polar surface area (TPSA) is 108 Å². The van der Waals surface area contributed by atoms with Crippen molar-refractivity contribution in [3.05, 3.63) is 99.1 Å². The molecule has 5 aromatic rings. The van der Waals surface area contributed by atoms with Crippen molar-refractivity contribution in [2.24, 2.45) is 0 Å². The van der Waals surface area contributed by atoms with Crippen LogP contribution in [-0.4, -0.2) is 29.0 Å². The summed E-state index contributed by atoms with van der Waals surface area (Å²) in [6.45, 7) is 5.80. The lowest BCUT2D eigenvalue weighted by molar-refractivity contribution is 0.102. The standard InChI is InChI=1S/C28H24N4O4/c1-3-32(4-2)20-12-10-17-14-22(28(35)36-24(17)16-20)25-30-23-13-11-18(15-21(23)27(34)31-25)26(33)29-19-8-6-5-7-9-19/h5-16H,3-4H2,1-2H3,(H,29,33)(H,30,31,34). The van der Waals surface area contributed by atoms with Crippen molar-refractivity contribution < 1.29 is 9.21 Å². The van der Waals surface area contributed by atoms with Crippen LogP contribution in [0.25, 0.3) is 33.3 Å². The quantitative estimate of drug-likeness (QED) is 0.338. The van der Waals surface area contributed by atoms with Gasteiger partial charge in [0.05, 0.1) is 10.9 Å². The number of hydrogen-bond acceptors (Lipinski definition) is 6. The highest BCUT2D eigenvalue weighted by molar-refractivity contribution is 6.06. The summed E-state index contributed by atoms with van der Waals surface area (Å²) < 4.78 is 5.59. The minimum atomic E-state index is -0.597. The van der Waals surface area contributed by atoms with E-state index in [9.17, 15) is 14.4 Å². The van der Waals surface area contributed by atoms with Crippen molar-refractivity contribution in [1.29, 1.82) is 0 Å². The molecule has 0 aliphatic carbocycles. The second-order valence-electron chi connectivity index (χ2n) is 8.31. The zero-order valence-electron chi connectivity index (χ0n) is 19.9. The zero-order chi connectivity index (χ0) is 25.2. The van der Waals surface area contributed by atoms with Crippen molar-refractivity contribution >= 4 is 39.2 Å². The summed E-state index contributed by atoms with van der Waals surface area (Å²) in [5, 5.41) is 3.76. The molecule has 0 aliphatic heterocycles. The largest absolute Gasteiger partial charge is 0.422 e. The molecule has 2 heterocycles. The number of nitrogens with one attached hydrogen (secondary N) is 2. The number of hydrogen-bond donors (Lipinski definition) is 2. The molecule has 180 valence electrons. The first-order chi connectivity index (χ1) is 17.5. The number of rotatable bonds is 6. The Labute approximate surface area is 206 Å². The number of carbonyl (C=O) groups excluding carboxylic acids is 1. The Hall–Kier alpha value is -4.72. The molecule has 0 saturated heterocycles. The number of aromatic amines is 1. The Morgan fingerprint density at radius 2 is 1.75 bits per heavy atom. The number of aromatic nitrogens is 2. The Morgan fingerprint density at radius 3 is 2.50 bits per heavy atom. The molecule has 0 fully saturated rings. The van der Waals surface area contributed by atoms with Crippen LogP contribution in [-0.2, 0) is 0 Å². The summed E-state index contributed by atoms with van der Waals surface area (Å²) in [5.41, 5.74) is 1.86. The molecule has 0 radical (unpaired) electrons. The number of para-hydroxylation sites is 1. The molecule has 2 N–H and O–H groups in total. The van der Waals surface area contributed by atoms with Gasteiger partial charge >= 0.3 is 5.63 Å². The van der Waals surface area contributed by atoms with Gasteiger partial charge in [0, 0.05) is 41.5 Å². The van der Waals surface area contributed by atoms with E-state index in [0.29, 0.717) is 22.4 Å². The van der Waals surface area contributed by atoms with Crippen molar-refractivity contribution in [2.75, 3.05) is 23.3 Å². The third-order valence-corrected chi connectivity index (χ3v) is 6.10. The van der Waals surface area contributed by atoms with Crippen molar-refractivity contribution in [3.8, 4) is 11.4 Å². The molecule has 0 aliphatic rings. The molecule has 8 nitrogen and oxygen atoms in total. The highest BCUT2D eigenvalue weighted by Crippen LogP contribution is 2.24. The molecule has 3 aromatic carbocycles. The highest BCUT2D eigenvalue weighted by Gasteiger charge is 2.15. The van der Waals surface area contributed by atoms with Gasteiger partial charge in [0.25, 0.3) is 11.5 Å². The molecule has 8 heteroatoms. The van der Waals surface area contributed by atoms with E-state index in [4.69, 9.17) is 4.42 Å². The van der Waals surface area contributed by atoms with Gasteiger partial charge in [0.2, 0.25) is 0 Å². The van der Waals surface area contributed by atoms with Crippen LogP contribution < -0.4 is 21.4 Å². The summed E-state index contributed by atoms with van der Waals surface area (Å²) in [6.07, 6.45) is 0. The molecule has 0 unspecified atom stereocenters. The minimum Gasteiger partial charge on any atom is -0.422 e.